The van der Waals surface area contributed by atoms with E-state index in [-0.39, 0.29) is 0 Å². The van der Waals surface area contributed by atoms with Crippen molar-refractivity contribution < 1.29 is 0 Å². The van der Waals surface area contributed by atoms with Gasteiger partial charge in [-0.1, -0.05) is 29.8 Å². The molecule has 0 spiro atoms. The molecule has 2 N–H and O–H groups in total. The van der Waals surface area contributed by atoms with E-state index in [1.54, 1.807) is 0 Å². The highest BCUT2D eigenvalue weighted by Crippen LogP contribution is 2.10. The second kappa shape index (κ2) is 4.03. The Labute approximate surface area is 90.6 Å². The topological polar surface area (TPSA) is 41.6 Å². The molecule has 1 heterocycles. The molecule has 0 atom stereocenters. The van der Waals surface area contributed by atoms with Crippen molar-refractivity contribution in [2.45, 2.75) is 13.0 Å². The zero-order valence-electron chi connectivity index (χ0n) is 9.27. The molecule has 1 aromatic carbocycles. The van der Waals surface area contributed by atoms with Crippen molar-refractivity contribution in [2.75, 3.05) is 20.1 Å². The normalized spacial score (nSPS) is 18.9. The lowest BCUT2D eigenvalue weighted by atomic mass is 10.1. The molecule has 1 aliphatic heterocycles. The predicted molar refractivity (Wildman–Crippen MR) is 63.2 cm³/mol. The van der Waals surface area contributed by atoms with Crippen LogP contribution >= 0.6 is 0 Å². The van der Waals surface area contributed by atoms with Crippen molar-refractivity contribution in [3.63, 3.8) is 0 Å². The van der Waals surface area contributed by atoms with E-state index in [2.05, 4.69) is 36.0 Å². The number of nitrogens with zero attached hydrogens (tertiary/aromatic N) is 2. The van der Waals surface area contributed by atoms with Gasteiger partial charge in [0.1, 0.15) is 5.84 Å². The molecule has 0 aromatic heterocycles. The maximum atomic E-state index is 5.93. The van der Waals surface area contributed by atoms with Gasteiger partial charge in [0.05, 0.1) is 6.04 Å². The van der Waals surface area contributed by atoms with Gasteiger partial charge >= 0.3 is 0 Å². The van der Waals surface area contributed by atoms with Crippen molar-refractivity contribution >= 4 is 5.84 Å². The van der Waals surface area contributed by atoms with Crippen LogP contribution in [-0.4, -0.2) is 36.9 Å². The summed E-state index contributed by atoms with van der Waals surface area (Å²) in [6.07, 6.45) is 0. The van der Waals surface area contributed by atoms with Crippen LogP contribution in [0.5, 0.6) is 0 Å². The van der Waals surface area contributed by atoms with Gasteiger partial charge in [0, 0.05) is 18.7 Å². The molecule has 0 radical (unpaired) electrons. The third-order valence-electron chi connectivity index (χ3n) is 2.71. The van der Waals surface area contributed by atoms with E-state index in [1.165, 1.54) is 5.56 Å². The average Bonchev–Trinajstić information content (AvgIpc) is 2.16. The Morgan fingerprint density at radius 3 is 2.47 bits per heavy atom. The predicted octanol–water partition coefficient (Wildman–Crippen LogP) is 1.01. The SMILES string of the molecule is Cc1ccc(C(N)=NC2CN(C)C2)cc1. The molecule has 1 aromatic rings. The zero-order valence-corrected chi connectivity index (χ0v) is 9.27. The molecule has 3 heteroatoms. The molecular formula is C12H17N3. The Balaban J connectivity index is 2.07. The first-order chi connectivity index (χ1) is 7.15. The van der Waals surface area contributed by atoms with Gasteiger partial charge in [-0.2, -0.15) is 0 Å². The molecule has 0 unspecified atom stereocenters. The van der Waals surface area contributed by atoms with Gasteiger partial charge in [-0.15, -0.1) is 0 Å². The Bertz CT molecular complexity index is 361. The van der Waals surface area contributed by atoms with Crippen LogP contribution in [0.1, 0.15) is 11.1 Å². The van der Waals surface area contributed by atoms with Crippen molar-refractivity contribution in [2.24, 2.45) is 10.7 Å². The molecule has 1 saturated heterocycles. The number of aryl methyl sites for hydroxylation is 1. The molecule has 0 saturated carbocycles. The third kappa shape index (κ3) is 2.36. The highest BCUT2D eigenvalue weighted by atomic mass is 15.2. The lowest BCUT2D eigenvalue weighted by Crippen LogP contribution is -2.47. The van der Waals surface area contributed by atoms with Crippen LogP contribution in [0.2, 0.25) is 0 Å². The Hall–Kier alpha value is -1.35. The van der Waals surface area contributed by atoms with Crippen LogP contribution in [0.15, 0.2) is 29.3 Å². The van der Waals surface area contributed by atoms with E-state index in [4.69, 9.17) is 5.73 Å². The number of rotatable bonds is 2. The van der Waals surface area contributed by atoms with Crippen LogP contribution < -0.4 is 5.73 Å². The minimum Gasteiger partial charge on any atom is -0.383 e. The highest BCUT2D eigenvalue weighted by molar-refractivity contribution is 5.97. The Morgan fingerprint density at radius 2 is 1.93 bits per heavy atom. The van der Waals surface area contributed by atoms with E-state index in [1.807, 2.05) is 12.1 Å². The molecule has 0 bridgehead atoms. The van der Waals surface area contributed by atoms with E-state index in [9.17, 15) is 0 Å². The van der Waals surface area contributed by atoms with E-state index in [0.29, 0.717) is 11.9 Å². The summed E-state index contributed by atoms with van der Waals surface area (Å²) in [5.74, 6) is 0.660. The van der Waals surface area contributed by atoms with Gasteiger partial charge < -0.3 is 10.6 Å². The van der Waals surface area contributed by atoms with Crippen molar-refractivity contribution in [3.8, 4) is 0 Å². The standard InChI is InChI=1S/C12H17N3/c1-9-3-5-10(6-4-9)12(13)14-11-7-15(2)8-11/h3-6,11H,7-8H2,1-2H3,(H2,13,14). The number of likely N-dealkylation sites (tertiary alicyclic amines) is 1. The summed E-state index contributed by atoms with van der Waals surface area (Å²) < 4.78 is 0. The average molecular weight is 203 g/mol. The Kier molecular flexibility index (Phi) is 2.73. The third-order valence-corrected chi connectivity index (χ3v) is 2.71. The fourth-order valence-corrected chi connectivity index (χ4v) is 1.74. The van der Waals surface area contributed by atoms with E-state index >= 15 is 0 Å². The summed E-state index contributed by atoms with van der Waals surface area (Å²) in [6, 6.07) is 8.55. The highest BCUT2D eigenvalue weighted by Gasteiger charge is 2.22. The summed E-state index contributed by atoms with van der Waals surface area (Å²) in [4.78, 5) is 6.72. The van der Waals surface area contributed by atoms with Crippen molar-refractivity contribution in [3.05, 3.63) is 35.4 Å². The van der Waals surface area contributed by atoms with Crippen LogP contribution in [0, 0.1) is 6.92 Å². The first-order valence-corrected chi connectivity index (χ1v) is 5.24. The molecule has 15 heavy (non-hydrogen) atoms. The lowest BCUT2D eigenvalue weighted by molar-refractivity contribution is 0.193. The fraction of sp³-hybridized carbons (Fsp3) is 0.417. The lowest BCUT2D eigenvalue weighted by Gasteiger charge is -2.33. The van der Waals surface area contributed by atoms with Crippen LogP contribution in [0.4, 0.5) is 0 Å². The van der Waals surface area contributed by atoms with Gasteiger partial charge in [-0.25, -0.2) is 0 Å². The fourth-order valence-electron chi connectivity index (χ4n) is 1.74. The van der Waals surface area contributed by atoms with Gasteiger partial charge in [0.25, 0.3) is 0 Å². The molecule has 0 amide bonds. The number of aliphatic imine (C=N–C) groups is 1. The summed E-state index contributed by atoms with van der Waals surface area (Å²) >= 11 is 0. The molecular weight excluding hydrogens is 186 g/mol. The number of hydrogen-bond acceptors (Lipinski definition) is 2. The molecule has 3 nitrogen and oxygen atoms in total. The van der Waals surface area contributed by atoms with E-state index < -0.39 is 0 Å². The van der Waals surface area contributed by atoms with Gasteiger partial charge in [-0.05, 0) is 14.0 Å². The number of hydrogen-bond donors (Lipinski definition) is 1. The minimum atomic E-state index is 0.385. The largest absolute Gasteiger partial charge is 0.383 e. The van der Waals surface area contributed by atoms with Crippen molar-refractivity contribution in [1.82, 2.24) is 4.90 Å². The maximum absolute atomic E-state index is 5.93. The monoisotopic (exact) mass is 203 g/mol. The molecule has 0 aliphatic carbocycles. The molecule has 1 fully saturated rings. The van der Waals surface area contributed by atoms with E-state index in [0.717, 1.165) is 18.7 Å². The van der Waals surface area contributed by atoms with Crippen molar-refractivity contribution in [1.29, 1.82) is 0 Å². The smallest absolute Gasteiger partial charge is 0.125 e. The van der Waals surface area contributed by atoms with Crippen LogP contribution in [0.3, 0.4) is 0 Å². The number of amidine groups is 1. The van der Waals surface area contributed by atoms with Crippen LogP contribution in [0.25, 0.3) is 0 Å². The van der Waals surface area contributed by atoms with Gasteiger partial charge in [-0.3, -0.25) is 4.99 Å². The van der Waals surface area contributed by atoms with Crippen LogP contribution in [-0.2, 0) is 0 Å². The number of likely N-dealkylation sites (N-methyl/N-ethyl adjacent to an activating group) is 1. The quantitative estimate of drug-likeness (QED) is 0.576. The van der Waals surface area contributed by atoms with Gasteiger partial charge in [0.15, 0.2) is 0 Å². The summed E-state index contributed by atoms with van der Waals surface area (Å²) in [5.41, 5.74) is 8.20. The maximum Gasteiger partial charge on any atom is 0.125 e. The first-order valence-electron chi connectivity index (χ1n) is 5.24. The summed E-state index contributed by atoms with van der Waals surface area (Å²) in [7, 11) is 2.09. The van der Waals surface area contributed by atoms with Gasteiger partial charge in [0.2, 0.25) is 0 Å². The number of nitrogens with two attached hydrogens (primary N) is 1. The second-order valence-electron chi connectivity index (χ2n) is 4.26. The first kappa shape index (κ1) is 10.2. The molecule has 80 valence electrons. The second-order valence-corrected chi connectivity index (χ2v) is 4.26. The molecule has 1 aliphatic rings. The zero-order chi connectivity index (χ0) is 10.8. The molecule has 2 rings (SSSR count). The summed E-state index contributed by atoms with van der Waals surface area (Å²) in [5, 5.41) is 0. The number of benzene rings is 1. The Morgan fingerprint density at radius 1 is 1.33 bits per heavy atom. The summed E-state index contributed by atoms with van der Waals surface area (Å²) in [6.45, 7) is 4.11. The minimum absolute atomic E-state index is 0.385.